The van der Waals surface area contributed by atoms with E-state index in [9.17, 15) is 9.90 Å². The number of fused-ring (bicyclic) bond motifs is 1. The molecule has 5 nitrogen and oxygen atoms in total. The minimum absolute atomic E-state index is 0.0221. The van der Waals surface area contributed by atoms with Crippen LogP contribution in [0, 0.1) is 5.92 Å². The first-order valence-corrected chi connectivity index (χ1v) is 9.24. The molecule has 2 atom stereocenters. The number of aromatic hydroxyl groups is 1. The Hall–Kier alpha value is -2.53. The molecule has 2 aliphatic rings. The van der Waals surface area contributed by atoms with Crippen molar-refractivity contribution < 1.29 is 14.6 Å². The largest absolute Gasteiger partial charge is 0.508 e. The molecule has 26 heavy (non-hydrogen) atoms. The molecular formula is C21H24N2O3. The molecule has 2 heterocycles. The molecule has 0 saturated carbocycles. The van der Waals surface area contributed by atoms with Crippen LogP contribution in [0.5, 0.6) is 11.5 Å². The van der Waals surface area contributed by atoms with Gasteiger partial charge in [-0.1, -0.05) is 18.2 Å². The van der Waals surface area contributed by atoms with Gasteiger partial charge in [0, 0.05) is 18.0 Å². The van der Waals surface area contributed by atoms with Crippen LogP contribution in [0.25, 0.3) is 0 Å². The van der Waals surface area contributed by atoms with Crippen LogP contribution in [0.2, 0.25) is 0 Å². The fraction of sp³-hybridized carbons (Fsp3) is 0.381. The smallest absolute Gasteiger partial charge is 0.252 e. The number of ether oxygens (including phenoxy) is 1. The quantitative estimate of drug-likeness (QED) is 0.791. The van der Waals surface area contributed by atoms with Crippen LogP contribution in [0.3, 0.4) is 0 Å². The van der Waals surface area contributed by atoms with Crippen molar-refractivity contribution in [2.24, 2.45) is 5.92 Å². The third-order valence-electron chi connectivity index (χ3n) is 5.44. The minimum atomic E-state index is -0.0221. The fourth-order valence-electron chi connectivity index (χ4n) is 3.95. The van der Waals surface area contributed by atoms with Gasteiger partial charge in [0.1, 0.15) is 11.5 Å². The predicted octanol–water partition coefficient (Wildman–Crippen LogP) is 2.80. The summed E-state index contributed by atoms with van der Waals surface area (Å²) in [6.07, 6.45) is 2.09. The van der Waals surface area contributed by atoms with Crippen molar-refractivity contribution in [1.82, 2.24) is 10.6 Å². The monoisotopic (exact) mass is 352 g/mol. The molecule has 1 saturated heterocycles. The summed E-state index contributed by atoms with van der Waals surface area (Å²) in [5.41, 5.74) is 3.00. The SMILES string of the molecule is O=C1NCc2ccc(OC[C@H]3CCNCC[C@@H]3c3ccc(O)cc3)cc21. The minimum Gasteiger partial charge on any atom is -0.508 e. The summed E-state index contributed by atoms with van der Waals surface area (Å²) in [5.74, 6) is 1.80. The highest BCUT2D eigenvalue weighted by Crippen LogP contribution is 2.33. The molecule has 1 amide bonds. The average molecular weight is 352 g/mol. The number of benzene rings is 2. The molecule has 2 aromatic carbocycles. The molecule has 2 aromatic rings. The molecule has 5 heteroatoms. The molecule has 0 aromatic heterocycles. The fourth-order valence-corrected chi connectivity index (χ4v) is 3.95. The van der Waals surface area contributed by atoms with E-state index >= 15 is 0 Å². The van der Waals surface area contributed by atoms with E-state index in [1.165, 1.54) is 5.56 Å². The summed E-state index contributed by atoms with van der Waals surface area (Å²) in [7, 11) is 0. The lowest BCUT2D eigenvalue weighted by molar-refractivity contribution is 0.0965. The van der Waals surface area contributed by atoms with Crippen LogP contribution in [0.4, 0.5) is 0 Å². The Balaban J connectivity index is 1.48. The highest BCUT2D eigenvalue weighted by Gasteiger charge is 2.26. The van der Waals surface area contributed by atoms with Crippen molar-refractivity contribution in [3.05, 3.63) is 59.2 Å². The van der Waals surface area contributed by atoms with Crippen LogP contribution in [0.15, 0.2) is 42.5 Å². The zero-order valence-corrected chi connectivity index (χ0v) is 14.7. The van der Waals surface area contributed by atoms with Crippen molar-refractivity contribution in [3.8, 4) is 11.5 Å². The van der Waals surface area contributed by atoms with Gasteiger partial charge in [-0.3, -0.25) is 4.79 Å². The summed E-state index contributed by atoms with van der Waals surface area (Å²) in [6, 6.07) is 13.3. The first-order chi connectivity index (χ1) is 12.7. The zero-order chi connectivity index (χ0) is 17.9. The van der Waals surface area contributed by atoms with Gasteiger partial charge in [-0.15, -0.1) is 0 Å². The molecule has 0 radical (unpaired) electrons. The maximum absolute atomic E-state index is 11.8. The number of nitrogens with one attached hydrogen (secondary N) is 2. The second kappa shape index (κ2) is 7.38. The number of hydrogen-bond acceptors (Lipinski definition) is 4. The lowest BCUT2D eigenvalue weighted by Gasteiger charge is -2.25. The van der Waals surface area contributed by atoms with E-state index in [4.69, 9.17) is 4.74 Å². The first kappa shape index (κ1) is 16.9. The maximum Gasteiger partial charge on any atom is 0.252 e. The number of phenolic OH excluding ortho intramolecular Hbond substituents is 1. The standard InChI is InChI=1S/C21H24N2O3/c24-17-4-1-14(2-5-17)19-8-10-22-9-7-16(19)13-26-18-6-3-15-12-23-21(25)20(15)11-18/h1-6,11,16,19,22,24H,7-10,12-13H2,(H,23,25)/t16-,19-/m1/s1. The molecule has 136 valence electrons. The summed E-state index contributed by atoms with van der Waals surface area (Å²) >= 11 is 0. The lowest BCUT2D eigenvalue weighted by atomic mass is 9.83. The summed E-state index contributed by atoms with van der Waals surface area (Å²) in [6.45, 7) is 3.19. The Morgan fingerprint density at radius 3 is 2.73 bits per heavy atom. The van der Waals surface area contributed by atoms with Gasteiger partial charge in [0.05, 0.1) is 6.61 Å². The van der Waals surface area contributed by atoms with E-state index < -0.39 is 0 Å². The van der Waals surface area contributed by atoms with Crippen molar-refractivity contribution in [3.63, 3.8) is 0 Å². The Morgan fingerprint density at radius 2 is 1.88 bits per heavy atom. The van der Waals surface area contributed by atoms with Gasteiger partial charge < -0.3 is 20.5 Å². The molecule has 0 aliphatic carbocycles. The Kier molecular flexibility index (Phi) is 4.80. The van der Waals surface area contributed by atoms with E-state index in [0.29, 0.717) is 30.7 Å². The van der Waals surface area contributed by atoms with Gasteiger partial charge in [0.15, 0.2) is 0 Å². The number of carbonyl (C=O) groups is 1. The Labute approximate surface area is 153 Å². The topological polar surface area (TPSA) is 70.6 Å². The highest BCUT2D eigenvalue weighted by atomic mass is 16.5. The lowest BCUT2D eigenvalue weighted by Crippen LogP contribution is -2.21. The van der Waals surface area contributed by atoms with Gasteiger partial charge in [-0.25, -0.2) is 0 Å². The van der Waals surface area contributed by atoms with Crippen molar-refractivity contribution in [2.45, 2.75) is 25.3 Å². The van der Waals surface area contributed by atoms with Crippen LogP contribution in [0.1, 0.15) is 40.2 Å². The third-order valence-corrected chi connectivity index (χ3v) is 5.44. The Bertz CT molecular complexity index is 788. The highest BCUT2D eigenvalue weighted by molar-refractivity contribution is 5.98. The number of phenols is 1. The molecule has 4 rings (SSSR count). The molecule has 2 aliphatic heterocycles. The third kappa shape index (κ3) is 3.53. The van der Waals surface area contributed by atoms with Crippen LogP contribution in [-0.4, -0.2) is 30.7 Å². The van der Waals surface area contributed by atoms with Crippen molar-refractivity contribution in [2.75, 3.05) is 19.7 Å². The number of carbonyl (C=O) groups excluding carboxylic acids is 1. The molecule has 0 bridgehead atoms. The van der Waals surface area contributed by atoms with Crippen molar-refractivity contribution in [1.29, 1.82) is 0 Å². The van der Waals surface area contributed by atoms with E-state index in [1.54, 1.807) is 12.1 Å². The van der Waals surface area contributed by atoms with Gasteiger partial charge >= 0.3 is 0 Å². The van der Waals surface area contributed by atoms with Gasteiger partial charge in [0.2, 0.25) is 0 Å². The van der Waals surface area contributed by atoms with E-state index in [2.05, 4.69) is 10.6 Å². The number of hydrogen-bond donors (Lipinski definition) is 3. The van der Waals surface area contributed by atoms with E-state index in [0.717, 1.165) is 42.8 Å². The molecule has 3 N–H and O–H groups in total. The van der Waals surface area contributed by atoms with Gasteiger partial charge in [-0.2, -0.15) is 0 Å². The first-order valence-electron chi connectivity index (χ1n) is 9.24. The normalized spacial score (nSPS) is 22.4. The number of amides is 1. The second-order valence-electron chi connectivity index (χ2n) is 7.10. The molecular weight excluding hydrogens is 328 g/mol. The average Bonchev–Trinajstić information content (AvgIpc) is 2.88. The predicted molar refractivity (Wildman–Crippen MR) is 99.5 cm³/mol. The molecule has 0 spiro atoms. The Morgan fingerprint density at radius 1 is 1.08 bits per heavy atom. The summed E-state index contributed by atoms with van der Waals surface area (Å²) in [4.78, 5) is 11.8. The second-order valence-corrected chi connectivity index (χ2v) is 7.10. The van der Waals surface area contributed by atoms with Crippen molar-refractivity contribution >= 4 is 5.91 Å². The van der Waals surface area contributed by atoms with Crippen LogP contribution >= 0.6 is 0 Å². The van der Waals surface area contributed by atoms with E-state index in [1.807, 2.05) is 30.3 Å². The van der Waals surface area contributed by atoms with Gasteiger partial charge in [0.25, 0.3) is 5.91 Å². The molecule has 1 fully saturated rings. The van der Waals surface area contributed by atoms with Gasteiger partial charge in [-0.05, 0) is 67.2 Å². The maximum atomic E-state index is 11.8. The summed E-state index contributed by atoms with van der Waals surface area (Å²) < 4.78 is 6.09. The van der Waals surface area contributed by atoms with Crippen LogP contribution < -0.4 is 15.4 Å². The van der Waals surface area contributed by atoms with E-state index in [-0.39, 0.29) is 5.91 Å². The number of rotatable bonds is 4. The molecule has 0 unspecified atom stereocenters. The van der Waals surface area contributed by atoms with Crippen LogP contribution in [-0.2, 0) is 6.54 Å². The summed E-state index contributed by atoms with van der Waals surface area (Å²) in [5, 5.41) is 15.9. The zero-order valence-electron chi connectivity index (χ0n) is 14.7.